The van der Waals surface area contributed by atoms with Crippen molar-refractivity contribution in [2.75, 3.05) is 13.2 Å². The second-order valence-corrected chi connectivity index (χ2v) is 4.30. The van der Waals surface area contributed by atoms with E-state index in [1.165, 1.54) is 18.2 Å². The zero-order chi connectivity index (χ0) is 16.5. The average molecular weight is 313 g/mol. The highest BCUT2D eigenvalue weighted by Crippen LogP contribution is 2.26. The minimum Gasteiger partial charge on any atom is -0.449 e. The van der Waals surface area contributed by atoms with E-state index >= 15 is 0 Å². The predicted octanol–water partition coefficient (Wildman–Crippen LogP) is 2.98. The van der Waals surface area contributed by atoms with Gasteiger partial charge in [0.25, 0.3) is 5.69 Å². The van der Waals surface area contributed by atoms with Gasteiger partial charge in [0.1, 0.15) is 5.75 Å². The van der Waals surface area contributed by atoms with E-state index in [2.05, 4.69) is 4.74 Å². The molecule has 8 heteroatoms. The zero-order valence-corrected chi connectivity index (χ0v) is 12.5. The average Bonchev–Trinajstić information content (AvgIpc) is 2.45. The fraction of sp³-hybridized carbons (Fsp3) is 0.500. The maximum atomic E-state index is 10.8. The summed E-state index contributed by atoms with van der Waals surface area (Å²) in [5.41, 5.74) is 0.290. The van der Waals surface area contributed by atoms with Crippen LogP contribution < -0.4 is 4.74 Å². The van der Waals surface area contributed by atoms with Crippen LogP contribution in [-0.2, 0) is 15.9 Å². The van der Waals surface area contributed by atoms with Gasteiger partial charge in [-0.25, -0.2) is 4.79 Å². The Bertz CT molecular complexity index is 512. The third-order valence-electron chi connectivity index (χ3n) is 2.81. The highest BCUT2D eigenvalue weighted by Gasteiger charge is 2.16. The van der Waals surface area contributed by atoms with E-state index in [9.17, 15) is 14.9 Å². The standard InChI is InChI=1S/C14H19NO7/c1-3-20-13(21-4-2)8-5-10-9-11(15(18)19)6-7-12(10)22-14(16)17/h6-7,9,13H,3-5,8H2,1-2H3,(H,16,17). The van der Waals surface area contributed by atoms with Gasteiger partial charge in [-0.05, 0) is 26.3 Å². The molecule has 8 nitrogen and oxygen atoms in total. The molecule has 22 heavy (non-hydrogen) atoms. The maximum Gasteiger partial charge on any atom is 0.511 e. The molecule has 0 amide bonds. The molecule has 0 heterocycles. The number of carbonyl (C=O) groups is 1. The number of nitro groups is 1. The fourth-order valence-corrected chi connectivity index (χ4v) is 1.93. The summed E-state index contributed by atoms with van der Waals surface area (Å²) in [6.07, 6.45) is -1.17. The second-order valence-electron chi connectivity index (χ2n) is 4.30. The van der Waals surface area contributed by atoms with Gasteiger partial charge in [0.2, 0.25) is 0 Å². The normalized spacial score (nSPS) is 10.7. The summed E-state index contributed by atoms with van der Waals surface area (Å²) in [6, 6.07) is 3.77. The lowest BCUT2D eigenvalue weighted by Gasteiger charge is -2.17. The molecule has 0 saturated carbocycles. The van der Waals surface area contributed by atoms with Gasteiger partial charge in [0, 0.05) is 37.3 Å². The van der Waals surface area contributed by atoms with Crippen molar-refractivity contribution in [1.29, 1.82) is 0 Å². The second kappa shape index (κ2) is 8.96. The molecule has 0 aliphatic heterocycles. The number of aryl methyl sites for hydroxylation is 1. The SMILES string of the molecule is CCOC(CCc1cc([N+](=O)[O-])ccc1OC(=O)O)OCC. The van der Waals surface area contributed by atoms with Crippen LogP contribution in [0.2, 0.25) is 0 Å². The molecule has 1 N–H and O–H groups in total. The van der Waals surface area contributed by atoms with Gasteiger partial charge in [-0.1, -0.05) is 0 Å². The van der Waals surface area contributed by atoms with Crippen LogP contribution in [0.3, 0.4) is 0 Å². The van der Waals surface area contributed by atoms with Crippen molar-refractivity contribution in [1.82, 2.24) is 0 Å². The molecule has 1 aromatic rings. The Morgan fingerprint density at radius 2 is 1.95 bits per heavy atom. The van der Waals surface area contributed by atoms with E-state index in [-0.39, 0.29) is 11.4 Å². The summed E-state index contributed by atoms with van der Waals surface area (Å²) in [5.74, 6) is 0.0739. The predicted molar refractivity (Wildman–Crippen MR) is 77.1 cm³/mol. The first-order valence-corrected chi connectivity index (χ1v) is 6.89. The first-order valence-electron chi connectivity index (χ1n) is 6.89. The lowest BCUT2D eigenvalue weighted by atomic mass is 10.1. The molecule has 0 aromatic heterocycles. The van der Waals surface area contributed by atoms with Crippen LogP contribution >= 0.6 is 0 Å². The van der Waals surface area contributed by atoms with Crippen molar-refractivity contribution in [2.45, 2.75) is 33.0 Å². The quantitative estimate of drug-likeness (QED) is 0.245. The Morgan fingerprint density at radius 3 is 2.45 bits per heavy atom. The Balaban J connectivity index is 2.90. The fourth-order valence-electron chi connectivity index (χ4n) is 1.93. The highest BCUT2D eigenvalue weighted by molar-refractivity contribution is 5.62. The highest BCUT2D eigenvalue weighted by atomic mass is 16.7. The van der Waals surface area contributed by atoms with Crippen molar-refractivity contribution >= 4 is 11.8 Å². The number of carboxylic acid groups (broad SMARTS) is 1. The molecule has 1 rings (SSSR count). The smallest absolute Gasteiger partial charge is 0.449 e. The summed E-state index contributed by atoms with van der Waals surface area (Å²) < 4.78 is 15.4. The minimum absolute atomic E-state index is 0.0739. The summed E-state index contributed by atoms with van der Waals surface area (Å²) in [5, 5.41) is 19.5. The Labute approximate surface area is 127 Å². The zero-order valence-electron chi connectivity index (χ0n) is 12.5. The molecule has 1 aromatic carbocycles. The molecule has 122 valence electrons. The molecule has 0 atom stereocenters. The van der Waals surface area contributed by atoms with E-state index < -0.39 is 17.4 Å². The Hall–Kier alpha value is -2.19. The third-order valence-corrected chi connectivity index (χ3v) is 2.81. The molecule has 0 saturated heterocycles. The maximum absolute atomic E-state index is 10.8. The summed E-state index contributed by atoms with van der Waals surface area (Å²) in [7, 11) is 0. The van der Waals surface area contributed by atoms with E-state index in [0.717, 1.165) is 0 Å². The van der Waals surface area contributed by atoms with Gasteiger partial charge >= 0.3 is 6.16 Å². The van der Waals surface area contributed by atoms with Crippen LogP contribution in [0.4, 0.5) is 10.5 Å². The molecule has 0 aliphatic carbocycles. The van der Waals surface area contributed by atoms with Crippen molar-refractivity contribution in [3.63, 3.8) is 0 Å². The molecule has 0 spiro atoms. The Morgan fingerprint density at radius 1 is 1.32 bits per heavy atom. The van der Waals surface area contributed by atoms with Gasteiger partial charge in [-0.2, -0.15) is 0 Å². The van der Waals surface area contributed by atoms with Crippen molar-refractivity contribution in [2.24, 2.45) is 0 Å². The third kappa shape index (κ3) is 5.66. The van der Waals surface area contributed by atoms with Crippen LogP contribution in [0, 0.1) is 10.1 Å². The molecular weight excluding hydrogens is 294 g/mol. The van der Waals surface area contributed by atoms with E-state index in [1.807, 2.05) is 13.8 Å². The van der Waals surface area contributed by atoms with Crippen molar-refractivity contribution < 1.29 is 29.0 Å². The monoisotopic (exact) mass is 313 g/mol. The van der Waals surface area contributed by atoms with Gasteiger partial charge in [-0.15, -0.1) is 0 Å². The lowest BCUT2D eigenvalue weighted by molar-refractivity contribution is -0.384. The molecular formula is C14H19NO7. The minimum atomic E-state index is -1.47. The van der Waals surface area contributed by atoms with E-state index in [1.54, 1.807) is 0 Å². The topological polar surface area (TPSA) is 108 Å². The number of ether oxygens (including phenoxy) is 3. The van der Waals surface area contributed by atoms with Crippen molar-refractivity contribution in [3.8, 4) is 5.75 Å². The van der Waals surface area contributed by atoms with E-state index in [0.29, 0.717) is 31.6 Å². The van der Waals surface area contributed by atoms with Gasteiger partial charge < -0.3 is 19.3 Å². The molecule has 0 fully saturated rings. The molecule has 0 unspecified atom stereocenters. The lowest BCUT2D eigenvalue weighted by Crippen LogP contribution is -2.18. The first-order chi connectivity index (χ1) is 10.5. The number of hydrogen-bond donors (Lipinski definition) is 1. The first kappa shape index (κ1) is 17.9. The van der Waals surface area contributed by atoms with Gasteiger partial charge in [-0.3, -0.25) is 10.1 Å². The van der Waals surface area contributed by atoms with Crippen LogP contribution in [-0.4, -0.2) is 35.7 Å². The number of nitro benzene ring substituents is 1. The van der Waals surface area contributed by atoms with Gasteiger partial charge in [0.15, 0.2) is 6.29 Å². The molecule has 0 bridgehead atoms. The van der Waals surface area contributed by atoms with Gasteiger partial charge in [0.05, 0.1) is 4.92 Å². The summed E-state index contributed by atoms with van der Waals surface area (Å²) >= 11 is 0. The van der Waals surface area contributed by atoms with Crippen LogP contribution in [0.15, 0.2) is 18.2 Å². The summed E-state index contributed by atoms with van der Waals surface area (Å²) in [6.45, 7) is 4.60. The molecule has 0 aliphatic rings. The van der Waals surface area contributed by atoms with E-state index in [4.69, 9.17) is 14.6 Å². The number of benzene rings is 1. The number of non-ortho nitro benzene ring substituents is 1. The number of nitrogens with zero attached hydrogens (tertiary/aromatic N) is 1. The van der Waals surface area contributed by atoms with Crippen LogP contribution in [0.1, 0.15) is 25.8 Å². The van der Waals surface area contributed by atoms with Crippen molar-refractivity contribution in [3.05, 3.63) is 33.9 Å². The summed E-state index contributed by atoms with van der Waals surface area (Å²) in [4.78, 5) is 21.0. The number of hydrogen-bond acceptors (Lipinski definition) is 6. The van der Waals surface area contributed by atoms with Crippen LogP contribution in [0.25, 0.3) is 0 Å². The molecule has 0 radical (unpaired) electrons. The van der Waals surface area contributed by atoms with Crippen LogP contribution in [0.5, 0.6) is 5.75 Å². The largest absolute Gasteiger partial charge is 0.511 e. The Kier molecular flexibility index (Phi) is 7.27. The number of rotatable bonds is 9.